The number of benzene rings is 4. The van der Waals surface area contributed by atoms with Gasteiger partial charge in [-0.2, -0.15) is 20.5 Å². The predicted octanol–water partition coefficient (Wildman–Crippen LogP) is 12.2. The smallest absolute Gasteiger partial charge is 0.410 e. The summed E-state index contributed by atoms with van der Waals surface area (Å²) in [6.07, 6.45) is 4.67. The number of rotatable bonds is 20. The molecular weight excluding hydrogens is 1090 g/mol. The number of ether oxygens (including phenoxy) is 1. The lowest BCUT2D eigenvalue weighted by Gasteiger charge is -2.28. The first kappa shape index (κ1) is 69.3. The molecule has 21 nitrogen and oxygen atoms in total. The van der Waals surface area contributed by atoms with E-state index in [0.29, 0.717) is 70.2 Å². The molecule has 4 aromatic carbocycles. The van der Waals surface area contributed by atoms with Crippen molar-refractivity contribution in [2.24, 2.45) is 5.92 Å². The fourth-order valence-corrected chi connectivity index (χ4v) is 6.79. The second-order valence-electron chi connectivity index (χ2n) is 19.5. The second kappa shape index (κ2) is 35.8. The monoisotopic (exact) mass is 1160 g/mol. The molecule has 0 fully saturated rings. The molecule has 0 radical (unpaired) electrons. The van der Waals surface area contributed by atoms with Crippen molar-refractivity contribution in [1.82, 2.24) is 24.8 Å². The van der Waals surface area contributed by atoms with E-state index in [1.54, 1.807) is 139 Å². The Kier molecular flexibility index (Phi) is 28.9. The summed E-state index contributed by atoms with van der Waals surface area (Å²) in [4.78, 5) is 82.4. The molecule has 0 saturated heterocycles. The zero-order chi connectivity index (χ0) is 62.3. The first-order chi connectivity index (χ1) is 40.7. The van der Waals surface area contributed by atoms with Gasteiger partial charge in [0.15, 0.2) is 0 Å². The van der Waals surface area contributed by atoms with E-state index in [-0.39, 0.29) is 42.2 Å². The minimum atomic E-state index is -0.807. The molecule has 2 heterocycles. The quantitative estimate of drug-likeness (QED) is 0.0330. The van der Waals surface area contributed by atoms with Gasteiger partial charge in [-0.25, -0.2) is 14.8 Å². The molecule has 2 aromatic heterocycles. The molecular formula is C65H75N15O6. The maximum Gasteiger partial charge on any atom is 0.410 e. The SMILES string of the molecule is C.CC#CC#CC#CC.CCCNc1nc(Nc2ccc(C#N)cc2)ncc1C(=O)Nc1cccc(NC(=O)[C@H](C)CC)c1.CCCNc1nc(Nc2ccc(C#N)cc2)ncc1C(=O)Nc1cccc(NC(=O)[C@H](C)N(C)C(=O)OC(C)(C)C)c1. The molecule has 0 aliphatic heterocycles. The standard InChI is InChI=1S/C30H36N8O4.C26H29N7O2.C8H6.CH4/c1-7-15-32-25-24(18-33-28(37-25)36-21-13-11-20(17-31)12-14-21)27(40)35-23-10-8-9-22(16-23)34-26(39)19(2)38(6)29(41)42-30(3,4)5;1-4-13-28-23-22(16-29-26(33-23)32-19-11-9-18(15-27)10-12-19)25(35)31-21-8-6-7-20(14-21)30-24(34)17(3)5-2;1-3-5-7-8-6-4-2;/h8-14,16,18-19H,7,15H2,1-6H3,(H,34,39)(H,35,40)(H2,32,33,36,37);6-12,14,16-17H,4-5,13H2,1-3H3,(H,30,34)(H,31,35)(H2,28,29,32,33);1-2H3;1H4/t19-;17-;;/m01../s1. The van der Waals surface area contributed by atoms with Gasteiger partial charge in [0, 0.05) is 72.6 Å². The Bertz CT molecular complexity index is 3530. The van der Waals surface area contributed by atoms with E-state index in [4.69, 9.17) is 15.3 Å². The van der Waals surface area contributed by atoms with E-state index in [9.17, 15) is 24.0 Å². The van der Waals surface area contributed by atoms with Gasteiger partial charge in [-0.15, -0.1) is 0 Å². The minimum Gasteiger partial charge on any atom is -0.444 e. The molecule has 0 bridgehead atoms. The highest BCUT2D eigenvalue weighted by molar-refractivity contribution is 6.09. The molecule has 0 unspecified atom stereocenters. The maximum atomic E-state index is 13.2. The molecule has 6 aromatic rings. The highest BCUT2D eigenvalue weighted by Gasteiger charge is 2.27. The summed E-state index contributed by atoms with van der Waals surface area (Å²) in [5, 5.41) is 41.8. The van der Waals surface area contributed by atoms with Crippen molar-refractivity contribution in [1.29, 1.82) is 10.5 Å². The van der Waals surface area contributed by atoms with Crippen LogP contribution in [-0.4, -0.2) is 86.3 Å². The van der Waals surface area contributed by atoms with E-state index < -0.39 is 29.6 Å². The molecule has 0 aliphatic carbocycles. The highest BCUT2D eigenvalue weighted by atomic mass is 16.6. The molecule has 21 heteroatoms. The van der Waals surface area contributed by atoms with Crippen LogP contribution in [0.3, 0.4) is 0 Å². The highest BCUT2D eigenvalue weighted by Crippen LogP contribution is 2.24. The predicted molar refractivity (Wildman–Crippen MR) is 341 cm³/mol. The van der Waals surface area contributed by atoms with E-state index in [0.717, 1.165) is 24.9 Å². The number of carbonyl (C=O) groups excluding carboxylic acids is 5. The van der Waals surface area contributed by atoms with Crippen molar-refractivity contribution in [3.8, 4) is 47.7 Å². The Morgan fingerprint density at radius 1 is 0.581 bits per heavy atom. The lowest BCUT2D eigenvalue weighted by atomic mass is 10.1. The van der Waals surface area contributed by atoms with E-state index >= 15 is 0 Å². The van der Waals surface area contributed by atoms with Crippen LogP contribution in [-0.2, 0) is 14.3 Å². The maximum absolute atomic E-state index is 13.2. The van der Waals surface area contributed by atoms with Gasteiger partial charge in [-0.1, -0.05) is 59.1 Å². The number of nitriles is 2. The van der Waals surface area contributed by atoms with Crippen LogP contribution in [0.4, 0.5) is 62.5 Å². The van der Waals surface area contributed by atoms with Crippen LogP contribution in [0.2, 0.25) is 0 Å². The van der Waals surface area contributed by atoms with Gasteiger partial charge < -0.3 is 47.3 Å². The van der Waals surface area contributed by atoms with Gasteiger partial charge in [0.1, 0.15) is 34.4 Å². The van der Waals surface area contributed by atoms with Crippen molar-refractivity contribution in [2.75, 3.05) is 62.7 Å². The molecule has 2 atom stereocenters. The van der Waals surface area contributed by atoms with Crippen LogP contribution in [0.5, 0.6) is 0 Å². The lowest BCUT2D eigenvalue weighted by molar-refractivity contribution is -0.120. The van der Waals surface area contributed by atoms with Crippen molar-refractivity contribution in [3.05, 3.63) is 132 Å². The first-order valence-corrected chi connectivity index (χ1v) is 27.2. The Balaban J connectivity index is 0.000000399. The molecule has 446 valence electrons. The number of likely N-dealkylation sites (N-methyl/N-ethyl adjacent to an activating group) is 1. The summed E-state index contributed by atoms with van der Waals surface area (Å²) in [6, 6.07) is 30.7. The van der Waals surface area contributed by atoms with Crippen molar-refractivity contribution in [2.45, 2.75) is 108 Å². The summed E-state index contributed by atoms with van der Waals surface area (Å²) >= 11 is 0. The van der Waals surface area contributed by atoms with Gasteiger partial charge in [-0.3, -0.25) is 24.1 Å². The number of nitrogens with one attached hydrogen (secondary N) is 8. The van der Waals surface area contributed by atoms with Crippen molar-refractivity contribution >= 4 is 87.4 Å². The Labute approximate surface area is 505 Å². The number of hydrogen-bond donors (Lipinski definition) is 8. The van der Waals surface area contributed by atoms with Gasteiger partial charge in [0.2, 0.25) is 23.7 Å². The third-order valence-corrected chi connectivity index (χ3v) is 11.6. The second-order valence-corrected chi connectivity index (χ2v) is 19.5. The lowest BCUT2D eigenvalue weighted by Crippen LogP contribution is -2.45. The van der Waals surface area contributed by atoms with Crippen LogP contribution >= 0.6 is 0 Å². The fourth-order valence-electron chi connectivity index (χ4n) is 6.79. The summed E-state index contributed by atoms with van der Waals surface area (Å²) in [5.74, 6) is 15.5. The van der Waals surface area contributed by atoms with E-state index in [2.05, 4.69) is 110 Å². The Hall–Kier alpha value is -11.0. The molecule has 86 heavy (non-hydrogen) atoms. The van der Waals surface area contributed by atoms with Crippen LogP contribution in [0.25, 0.3) is 0 Å². The number of aromatic nitrogens is 4. The largest absolute Gasteiger partial charge is 0.444 e. The average Bonchev–Trinajstić information content (AvgIpc) is 2.83. The Morgan fingerprint density at radius 2 is 0.977 bits per heavy atom. The van der Waals surface area contributed by atoms with Gasteiger partial charge in [0.25, 0.3) is 11.8 Å². The number of amides is 5. The van der Waals surface area contributed by atoms with Gasteiger partial charge in [-0.05, 0) is 169 Å². The van der Waals surface area contributed by atoms with Crippen molar-refractivity contribution < 1.29 is 28.7 Å². The molecule has 6 rings (SSSR count). The topological polar surface area (TPSA) is 293 Å². The van der Waals surface area contributed by atoms with Gasteiger partial charge >= 0.3 is 6.09 Å². The number of anilines is 10. The van der Waals surface area contributed by atoms with Crippen LogP contribution in [0.1, 0.15) is 128 Å². The third-order valence-electron chi connectivity index (χ3n) is 11.6. The first-order valence-electron chi connectivity index (χ1n) is 27.2. The minimum absolute atomic E-state index is 0. The number of carbonyl (C=O) groups is 5. The number of hydrogen-bond acceptors (Lipinski definition) is 16. The Morgan fingerprint density at radius 3 is 1.34 bits per heavy atom. The van der Waals surface area contributed by atoms with Crippen LogP contribution in [0, 0.1) is 64.1 Å². The fraction of sp³-hybridized carbons (Fsp3) is 0.308. The summed E-state index contributed by atoms with van der Waals surface area (Å²) < 4.78 is 5.34. The van der Waals surface area contributed by atoms with Gasteiger partial charge in [0.05, 0.1) is 23.3 Å². The third kappa shape index (κ3) is 23.5. The normalized spacial score (nSPS) is 10.5. The summed E-state index contributed by atoms with van der Waals surface area (Å²) in [5.41, 5.74) is 4.35. The van der Waals surface area contributed by atoms with E-state index in [1.807, 2.05) is 27.7 Å². The zero-order valence-electron chi connectivity index (χ0n) is 49.7. The molecule has 8 N–H and O–H groups in total. The zero-order valence-corrected chi connectivity index (χ0v) is 49.7. The molecule has 0 saturated carbocycles. The summed E-state index contributed by atoms with van der Waals surface area (Å²) in [7, 11) is 1.49. The number of nitrogens with zero attached hydrogens (tertiary/aromatic N) is 7. The van der Waals surface area contributed by atoms with Crippen LogP contribution < -0.4 is 42.5 Å². The average molecular weight is 1160 g/mol. The van der Waals surface area contributed by atoms with Crippen molar-refractivity contribution in [3.63, 3.8) is 0 Å². The van der Waals surface area contributed by atoms with E-state index in [1.165, 1.54) is 24.3 Å². The molecule has 5 amide bonds. The molecule has 0 aliphatic rings. The summed E-state index contributed by atoms with van der Waals surface area (Å²) in [6.45, 7) is 19.4. The molecule has 0 spiro atoms. The van der Waals surface area contributed by atoms with Crippen LogP contribution in [0.15, 0.2) is 109 Å².